The largest absolute Gasteiger partial charge is 0.459 e. The summed E-state index contributed by atoms with van der Waals surface area (Å²) in [5, 5.41) is 0. The standard InChI is InChI=1S/C17H28O2/c1-4-5-16(2,3)19-15(18)17-9-12-6-13(10-17)8-14(7-12)11-17/h12-14H,4-11H2,1-3H3. The second kappa shape index (κ2) is 4.49. The predicted octanol–water partition coefficient (Wildman–Crippen LogP) is 4.32. The third-order valence-electron chi connectivity index (χ3n) is 5.69. The second-order valence-corrected chi connectivity index (χ2v) is 8.10. The fourth-order valence-corrected chi connectivity index (χ4v) is 5.37. The van der Waals surface area contributed by atoms with Crippen molar-refractivity contribution >= 4 is 5.97 Å². The summed E-state index contributed by atoms with van der Waals surface area (Å²) in [5.41, 5.74) is -0.380. The van der Waals surface area contributed by atoms with E-state index in [1.165, 1.54) is 19.3 Å². The molecule has 2 nitrogen and oxygen atoms in total. The lowest BCUT2D eigenvalue weighted by Crippen LogP contribution is -2.52. The molecule has 0 aromatic rings. The Morgan fingerprint density at radius 1 is 1.11 bits per heavy atom. The van der Waals surface area contributed by atoms with Gasteiger partial charge in [-0.15, -0.1) is 0 Å². The van der Waals surface area contributed by atoms with Gasteiger partial charge in [-0.2, -0.15) is 0 Å². The minimum atomic E-state index is -0.283. The van der Waals surface area contributed by atoms with Crippen LogP contribution in [-0.2, 0) is 9.53 Å². The van der Waals surface area contributed by atoms with Gasteiger partial charge in [0.05, 0.1) is 5.41 Å². The Morgan fingerprint density at radius 3 is 2.00 bits per heavy atom. The van der Waals surface area contributed by atoms with Gasteiger partial charge in [-0.1, -0.05) is 13.3 Å². The Balaban J connectivity index is 1.73. The Morgan fingerprint density at radius 2 is 1.58 bits per heavy atom. The lowest BCUT2D eigenvalue weighted by Gasteiger charge is -2.55. The summed E-state index contributed by atoms with van der Waals surface area (Å²) in [5.74, 6) is 2.57. The van der Waals surface area contributed by atoms with Crippen molar-refractivity contribution in [3.8, 4) is 0 Å². The van der Waals surface area contributed by atoms with Crippen LogP contribution in [0.15, 0.2) is 0 Å². The van der Waals surface area contributed by atoms with Crippen LogP contribution in [0.25, 0.3) is 0 Å². The van der Waals surface area contributed by atoms with Crippen molar-refractivity contribution in [2.24, 2.45) is 23.2 Å². The molecule has 19 heavy (non-hydrogen) atoms. The molecule has 4 rings (SSSR count). The van der Waals surface area contributed by atoms with Gasteiger partial charge >= 0.3 is 5.97 Å². The fraction of sp³-hybridized carbons (Fsp3) is 0.941. The molecular formula is C17H28O2. The van der Waals surface area contributed by atoms with Crippen LogP contribution < -0.4 is 0 Å². The zero-order chi connectivity index (χ0) is 13.7. The van der Waals surface area contributed by atoms with Crippen LogP contribution in [0, 0.1) is 23.2 Å². The van der Waals surface area contributed by atoms with E-state index in [4.69, 9.17) is 4.74 Å². The van der Waals surface area contributed by atoms with E-state index in [-0.39, 0.29) is 17.0 Å². The minimum Gasteiger partial charge on any atom is -0.459 e. The molecule has 4 fully saturated rings. The van der Waals surface area contributed by atoms with Crippen molar-refractivity contribution in [2.75, 3.05) is 0 Å². The number of rotatable bonds is 4. The Kier molecular flexibility index (Phi) is 3.18. The molecule has 2 heteroatoms. The van der Waals surface area contributed by atoms with Crippen molar-refractivity contribution in [3.63, 3.8) is 0 Å². The number of carbonyl (C=O) groups is 1. The molecule has 0 heterocycles. The number of esters is 1. The first kappa shape index (κ1) is 13.5. The molecule has 4 saturated carbocycles. The van der Waals surface area contributed by atoms with Crippen molar-refractivity contribution < 1.29 is 9.53 Å². The van der Waals surface area contributed by atoms with Crippen LogP contribution in [0.1, 0.15) is 72.1 Å². The molecule has 0 radical (unpaired) electrons. The first-order valence-electron chi connectivity index (χ1n) is 8.16. The summed E-state index contributed by atoms with van der Waals surface area (Å²) < 4.78 is 5.92. The van der Waals surface area contributed by atoms with Gasteiger partial charge in [-0.3, -0.25) is 4.79 Å². The fourth-order valence-electron chi connectivity index (χ4n) is 5.37. The smallest absolute Gasteiger partial charge is 0.312 e. The van der Waals surface area contributed by atoms with Crippen LogP contribution in [-0.4, -0.2) is 11.6 Å². The maximum absolute atomic E-state index is 12.8. The highest BCUT2D eigenvalue weighted by molar-refractivity contribution is 5.78. The van der Waals surface area contributed by atoms with Gasteiger partial charge in [-0.25, -0.2) is 0 Å². The average molecular weight is 264 g/mol. The third-order valence-corrected chi connectivity index (χ3v) is 5.69. The quantitative estimate of drug-likeness (QED) is 0.707. The highest BCUT2D eigenvalue weighted by Gasteiger charge is 2.56. The topological polar surface area (TPSA) is 26.3 Å². The van der Waals surface area contributed by atoms with E-state index in [1.807, 2.05) is 0 Å². The number of carbonyl (C=O) groups excluding carboxylic acids is 1. The van der Waals surface area contributed by atoms with Gasteiger partial charge in [0.2, 0.25) is 0 Å². The molecule has 0 aliphatic heterocycles. The molecule has 4 aliphatic rings. The molecule has 0 aromatic heterocycles. The first-order chi connectivity index (χ1) is 8.92. The summed E-state index contributed by atoms with van der Waals surface area (Å²) in [7, 11) is 0. The molecule has 0 saturated heterocycles. The molecular weight excluding hydrogens is 236 g/mol. The van der Waals surface area contributed by atoms with Gasteiger partial charge in [0.15, 0.2) is 0 Å². The first-order valence-corrected chi connectivity index (χ1v) is 8.16. The predicted molar refractivity (Wildman–Crippen MR) is 75.7 cm³/mol. The van der Waals surface area contributed by atoms with E-state index in [0.29, 0.717) is 0 Å². The van der Waals surface area contributed by atoms with Gasteiger partial charge in [-0.05, 0) is 76.5 Å². The van der Waals surface area contributed by atoms with E-state index < -0.39 is 0 Å². The molecule has 0 atom stereocenters. The van der Waals surface area contributed by atoms with Crippen molar-refractivity contribution in [1.82, 2.24) is 0 Å². The number of hydrogen-bond donors (Lipinski definition) is 0. The zero-order valence-corrected chi connectivity index (χ0v) is 12.7. The number of ether oxygens (including phenoxy) is 1. The molecule has 0 spiro atoms. The summed E-state index contributed by atoms with van der Waals surface area (Å²) in [6.45, 7) is 6.28. The lowest BCUT2D eigenvalue weighted by molar-refractivity contribution is -0.184. The number of hydrogen-bond acceptors (Lipinski definition) is 2. The summed E-state index contributed by atoms with van der Waals surface area (Å²) in [6.07, 6.45) is 9.51. The maximum Gasteiger partial charge on any atom is 0.312 e. The lowest BCUT2D eigenvalue weighted by atomic mass is 9.49. The minimum absolute atomic E-state index is 0.0975. The van der Waals surface area contributed by atoms with E-state index in [9.17, 15) is 4.79 Å². The molecule has 4 bridgehead atoms. The van der Waals surface area contributed by atoms with Crippen LogP contribution in [0.5, 0.6) is 0 Å². The van der Waals surface area contributed by atoms with Gasteiger partial charge in [0, 0.05) is 0 Å². The average Bonchev–Trinajstić information content (AvgIpc) is 2.25. The van der Waals surface area contributed by atoms with Crippen molar-refractivity contribution in [3.05, 3.63) is 0 Å². The molecule has 0 N–H and O–H groups in total. The molecule has 108 valence electrons. The van der Waals surface area contributed by atoms with Crippen LogP contribution in [0.2, 0.25) is 0 Å². The maximum atomic E-state index is 12.8. The highest BCUT2D eigenvalue weighted by atomic mass is 16.6. The Bertz CT molecular complexity index is 334. The zero-order valence-electron chi connectivity index (χ0n) is 12.7. The van der Waals surface area contributed by atoms with Crippen molar-refractivity contribution in [2.45, 2.75) is 77.7 Å². The van der Waals surface area contributed by atoms with E-state index in [2.05, 4.69) is 20.8 Å². The Hall–Kier alpha value is -0.530. The molecule has 0 unspecified atom stereocenters. The van der Waals surface area contributed by atoms with Crippen LogP contribution in [0.3, 0.4) is 0 Å². The monoisotopic (exact) mass is 264 g/mol. The molecule has 0 aromatic carbocycles. The summed E-state index contributed by atoms with van der Waals surface area (Å²) >= 11 is 0. The molecule has 4 aliphatic carbocycles. The van der Waals surface area contributed by atoms with Crippen molar-refractivity contribution in [1.29, 1.82) is 0 Å². The van der Waals surface area contributed by atoms with E-state index in [1.54, 1.807) is 0 Å². The third kappa shape index (κ3) is 2.43. The van der Waals surface area contributed by atoms with Crippen LogP contribution in [0.4, 0.5) is 0 Å². The SMILES string of the molecule is CCCC(C)(C)OC(=O)C12CC3CC(CC(C3)C1)C2. The van der Waals surface area contributed by atoms with Crippen LogP contribution >= 0.6 is 0 Å². The van der Waals surface area contributed by atoms with E-state index in [0.717, 1.165) is 49.9 Å². The highest BCUT2D eigenvalue weighted by Crippen LogP contribution is 2.60. The van der Waals surface area contributed by atoms with Gasteiger partial charge in [0.1, 0.15) is 5.60 Å². The summed E-state index contributed by atoms with van der Waals surface area (Å²) in [6, 6.07) is 0. The summed E-state index contributed by atoms with van der Waals surface area (Å²) in [4.78, 5) is 12.8. The second-order valence-electron chi connectivity index (χ2n) is 8.10. The van der Waals surface area contributed by atoms with E-state index >= 15 is 0 Å². The molecule has 0 amide bonds. The van der Waals surface area contributed by atoms with Gasteiger partial charge < -0.3 is 4.74 Å². The normalized spacial score (nSPS) is 40.5. The Labute approximate surface area is 117 Å². The van der Waals surface area contributed by atoms with Gasteiger partial charge in [0.25, 0.3) is 0 Å².